The largest absolute Gasteiger partial charge is 0.349 e. The molecule has 0 radical (unpaired) electrons. The maximum atomic E-state index is 12.4. The Hall–Kier alpha value is -2.18. The average Bonchev–Trinajstić information content (AvgIpc) is 3.22. The van der Waals surface area contributed by atoms with Gasteiger partial charge in [0.1, 0.15) is 0 Å². The molecular weight excluding hydrogens is 384 g/mol. The number of hydrogen-bond acceptors (Lipinski definition) is 4. The Morgan fingerprint density at radius 2 is 1.74 bits per heavy atom. The number of nitrogens with zero attached hydrogens (tertiary/aromatic N) is 1. The first-order valence-electron chi connectivity index (χ1n) is 8.92. The van der Waals surface area contributed by atoms with Crippen molar-refractivity contribution in [2.45, 2.75) is 31.7 Å². The molecule has 1 aromatic heterocycles. The lowest BCUT2D eigenvalue weighted by Gasteiger charge is -2.32. The molecule has 1 aliphatic heterocycles. The van der Waals surface area contributed by atoms with E-state index in [4.69, 9.17) is 11.6 Å². The number of rotatable bonds is 6. The number of carbonyl (C=O) groups excluding carboxylic acids is 3. The summed E-state index contributed by atoms with van der Waals surface area (Å²) in [5, 5.41) is 7.30. The SMILES string of the molecule is O=C(CCC(=O)N1CCC(NC(=O)c2ccsc2)CC1)c1ccc(Cl)cc1. The van der Waals surface area contributed by atoms with Gasteiger partial charge < -0.3 is 10.2 Å². The molecule has 0 atom stereocenters. The molecule has 7 heteroatoms. The quantitative estimate of drug-likeness (QED) is 0.745. The van der Waals surface area contributed by atoms with Crippen molar-refractivity contribution in [3.05, 3.63) is 57.2 Å². The summed E-state index contributed by atoms with van der Waals surface area (Å²) < 4.78 is 0. The normalized spacial score (nSPS) is 14.8. The summed E-state index contributed by atoms with van der Waals surface area (Å²) in [6.45, 7) is 1.20. The topological polar surface area (TPSA) is 66.5 Å². The predicted molar refractivity (Wildman–Crippen MR) is 106 cm³/mol. The van der Waals surface area contributed by atoms with Crippen molar-refractivity contribution in [3.63, 3.8) is 0 Å². The smallest absolute Gasteiger partial charge is 0.252 e. The first kappa shape index (κ1) is 19.6. The Kier molecular flexibility index (Phi) is 6.63. The van der Waals surface area contributed by atoms with Crippen molar-refractivity contribution < 1.29 is 14.4 Å². The van der Waals surface area contributed by atoms with Crippen LogP contribution in [0.15, 0.2) is 41.1 Å². The maximum absolute atomic E-state index is 12.4. The second-order valence-electron chi connectivity index (χ2n) is 6.57. The van der Waals surface area contributed by atoms with Crippen LogP contribution in [0.2, 0.25) is 5.02 Å². The third-order valence-electron chi connectivity index (χ3n) is 4.70. The number of halogens is 1. The van der Waals surface area contributed by atoms with Gasteiger partial charge in [-0.15, -0.1) is 0 Å². The predicted octanol–water partition coefficient (Wildman–Crippen LogP) is 3.79. The van der Waals surface area contributed by atoms with Gasteiger partial charge in [-0.05, 0) is 48.6 Å². The molecule has 1 N–H and O–H groups in total. The standard InChI is InChI=1S/C20H21ClN2O3S/c21-16-3-1-14(2-4-16)18(24)5-6-19(25)23-10-7-17(8-11-23)22-20(26)15-9-12-27-13-15/h1-4,9,12-13,17H,5-8,10-11H2,(H,22,26). The summed E-state index contributed by atoms with van der Waals surface area (Å²) in [5.41, 5.74) is 1.25. The first-order chi connectivity index (χ1) is 13.0. The lowest BCUT2D eigenvalue weighted by Crippen LogP contribution is -2.46. The first-order valence-corrected chi connectivity index (χ1v) is 10.2. The van der Waals surface area contributed by atoms with Crippen molar-refractivity contribution in [2.24, 2.45) is 0 Å². The molecule has 2 amide bonds. The van der Waals surface area contributed by atoms with Crippen molar-refractivity contribution in [2.75, 3.05) is 13.1 Å². The Morgan fingerprint density at radius 3 is 2.37 bits per heavy atom. The molecule has 0 aliphatic carbocycles. The minimum absolute atomic E-state index is 0.0140. The van der Waals surface area contributed by atoms with Gasteiger partial charge >= 0.3 is 0 Å². The van der Waals surface area contributed by atoms with Crippen LogP contribution < -0.4 is 5.32 Å². The Morgan fingerprint density at radius 1 is 1.04 bits per heavy atom. The number of likely N-dealkylation sites (tertiary alicyclic amines) is 1. The molecule has 27 heavy (non-hydrogen) atoms. The molecule has 0 bridgehead atoms. The molecule has 1 saturated heterocycles. The summed E-state index contributed by atoms with van der Waals surface area (Å²) in [7, 11) is 0. The van der Waals surface area contributed by atoms with Gasteiger partial charge in [0.25, 0.3) is 5.91 Å². The van der Waals surface area contributed by atoms with Gasteiger partial charge in [0.05, 0.1) is 0 Å². The molecular formula is C20H21ClN2O3S. The number of carbonyl (C=O) groups is 3. The number of thiophene rings is 1. The third-order valence-corrected chi connectivity index (χ3v) is 5.63. The van der Waals surface area contributed by atoms with Crippen molar-refractivity contribution in [1.29, 1.82) is 0 Å². The zero-order chi connectivity index (χ0) is 19.2. The minimum Gasteiger partial charge on any atom is -0.349 e. The van der Waals surface area contributed by atoms with Crippen LogP contribution >= 0.6 is 22.9 Å². The summed E-state index contributed by atoms with van der Waals surface area (Å²) in [6.07, 6.45) is 1.85. The van der Waals surface area contributed by atoms with E-state index >= 15 is 0 Å². The number of Topliss-reactive ketones (excluding diaryl/α,β-unsaturated/α-hetero) is 1. The van der Waals surface area contributed by atoms with E-state index in [0.29, 0.717) is 29.2 Å². The summed E-state index contributed by atoms with van der Waals surface area (Å²) in [5.74, 6) is -0.132. The lowest BCUT2D eigenvalue weighted by atomic mass is 10.0. The summed E-state index contributed by atoms with van der Waals surface area (Å²) >= 11 is 7.31. The zero-order valence-electron chi connectivity index (χ0n) is 14.8. The van der Waals surface area contributed by atoms with Gasteiger partial charge in [-0.3, -0.25) is 14.4 Å². The molecule has 1 aliphatic rings. The number of amides is 2. The zero-order valence-corrected chi connectivity index (χ0v) is 16.4. The highest BCUT2D eigenvalue weighted by atomic mass is 35.5. The molecule has 142 valence electrons. The van der Waals surface area contributed by atoms with Gasteiger partial charge in [0.2, 0.25) is 5.91 Å². The average molecular weight is 405 g/mol. The van der Waals surface area contributed by atoms with Gasteiger partial charge in [0, 0.05) is 53.5 Å². The fourth-order valence-corrected chi connectivity index (χ4v) is 3.86. The van der Waals surface area contributed by atoms with Crippen LogP contribution in [0.3, 0.4) is 0 Å². The van der Waals surface area contributed by atoms with Crippen LogP contribution in [0, 0.1) is 0 Å². The molecule has 0 unspecified atom stereocenters. The maximum Gasteiger partial charge on any atom is 0.252 e. The molecule has 2 heterocycles. The van der Waals surface area contributed by atoms with Crippen LogP contribution in [0.1, 0.15) is 46.4 Å². The van der Waals surface area contributed by atoms with E-state index in [-0.39, 0.29) is 36.5 Å². The number of nitrogens with one attached hydrogen (secondary N) is 1. The van der Waals surface area contributed by atoms with Crippen molar-refractivity contribution >= 4 is 40.5 Å². The van der Waals surface area contributed by atoms with E-state index in [1.165, 1.54) is 11.3 Å². The second-order valence-corrected chi connectivity index (χ2v) is 7.79. The fourth-order valence-electron chi connectivity index (χ4n) is 3.09. The van der Waals surface area contributed by atoms with E-state index in [1.54, 1.807) is 35.2 Å². The van der Waals surface area contributed by atoms with Crippen molar-refractivity contribution in [1.82, 2.24) is 10.2 Å². The van der Waals surface area contributed by atoms with Crippen LogP contribution in [0.25, 0.3) is 0 Å². The fraction of sp³-hybridized carbons (Fsp3) is 0.350. The minimum atomic E-state index is -0.0606. The molecule has 2 aromatic rings. The van der Waals surface area contributed by atoms with Crippen LogP contribution in [-0.4, -0.2) is 41.6 Å². The van der Waals surface area contributed by atoms with Crippen LogP contribution in [0.5, 0.6) is 0 Å². The summed E-state index contributed by atoms with van der Waals surface area (Å²) in [4.78, 5) is 38.4. The molecule has 0 spiro atoms. The van der Waals surface area contributed by atoms with E-state index in [1.807, 2.05) is 10.8 Å². The number of ketones is 1. The van der Waals surface area contributed by atoms with Crippen molar-refractivity contribution in [3.8, 4) is 0 Å². The summed E-state index contributed by atoms with van der Waals surface area (Å²) in [6, 6.07) is 8.58. The lowest BCUT2D eigenvalue weighted by molar-refractivity contribution is -0.132. The Balaban J connectivity index is 1.41. The second kappa shape index (κ2) is 9.15. The van der Waals surface area contributed by atoms with Gasteiger partial charge in [-0.1, -0.05) is 11.6 Å². The monoisotopic (exact) mass is 404 g/mol. The van der Waals surface area contributed by atoms with Gasteiger partial charge in [-0.25, -0.2) is 0 Å². The Bertz CT molecular complexity index is 797. The Labute approximate surface area is 167 Å². The highest BCUT2D eigenvalue weighted by molar-refractivity contribution is 7.08. The highest BCUT2D eigenvalue weighted by Gasteiger charge is 2.24. The number of piperidine rings is 1. The van der Waals surface area contributed by atoms with E-state index in [0.717, 1.165) is 12.8 Å². The molecule has 3 rings (SSSR count). The van der Waals surface area contributed by atoms with Gasteiger partial charge in [-0.2, -0.15) is 11.3 Å². The van der Waals surface area contributed by atoms with E-state index in [9.17, 15) is 14.4 Å². The molecule has 5 nitrogen and oxygen atoms in total. The van der Waals surface area contributed by atoms with Gasteiger partial charge in [0.15, 0.2) is 5.78 Å². The number of benzene rings is 1. The van der Waals surface area contributed by atoms with E-state index in [2.05, 4.69) is 5.32 Å². The molecule has 1 aromatic carbocycles. The van der Waals surface area contributed by atoms with Crippen LogP contribution in [0.4, 0.5) is 0 Å². The highest BCUT2D eigenvalue weighted by Crippen LogP contribution is 2.16. The third kappa shape index (κ3) is 5.40. The molecule has 1 fully saturated rings. The molecule has 0 saturated carbocycles. The van der Waals surface area contributed by atoms with E-state index < -0.39 is 0 Å². The number of hydrogen-bond donors (Lipinski definition) is 1. The van der Waals surface area contributed by atoms with Crippen LogP contribution in [-0.2, 0) is 4.79 Å².